The Bertz CT molecular complexity index is 2310. The predicted octanol–water partition coefficient (Wildman–Crippen LogP) is -4.81. The molecule has 0 saturated heterocycles. The zero-order valence-electron chi connectivity index (χ0n) is 38.4. The van der Waals surface area contributed by atoms with Crippen LogP contribution < -0.4 is 77.8 Å². The number of aliphatic imine (C=N–C) groups is 3. The van der Waals surface area contributed by atoms with Gasteiger partial charge in [0, 0.05) is 63.0 Å². The van der Waals surface area contributed by atoms with Gasteiger partial charge in [0.2, 0.25) is 41.4 Å². The summed E-state index contributed by atoms with van der Waals surface area (Å²) in [6.45, 7) is 1.08. The second-order valence-corrected chi connectivity index (χ2v) is 16.0. The summed E-state index contributed by atoms with van der Waals surface area (Å²) in [5.41, 5.74) is 46.2. The molecule has 0 spiro atoms. The first-order chi connectivity index (χ1) is 32.8. The van der Waals surface area contributed by atoms with Crippen molar-refractivity contribution in [1.29, 1.82) is 0 Å². The SMILES string of the molecule is CC(=O)N[C@@H](CCCN=C(N)N)C(=O)N[C@@H](Cc1ccc(O)cc1)C(=O)N[C@@H](CN)C(=O)N[C@@H](CCCN=C(N)N)C(=O)N[C@@H](Cc1c[nH]c2ccccc12)C(=O)N[C@@H](CCCN=C(N)N)C(N)=O. The molecule has 24 N–H and O–H groups in total. The molecular weight excluding hydrogens is 897 g/mol. The van der Waals surface area contributed by atoms with Gasteiger partial charge in [-0.3, -0.25) is 48.5 Å². The molecule has 26 nitrogen and oxygen atoms in total. The molecule has 26 heteroatoms. The minimum absolute atomic E-state index is 0.0465. The van der Waals surface area contributed by atoms with Gasteiger partial charge in [0.05, 0.1) is 0 Å². The number of guanidine groups is 3. The molecule has 7 amide bonds. The molecule has 0 aliphatic carbocycles. The van der Waals surface area contributed by atoms with Crippen molar-refractivity contribution < 1.29 is 38.7 Å². The van der Waals surface area contributed by atoms with Gasteiger partial charge in [-0.2, -0.15) is 0 Å². The molecular formula is C43H66N18O8. The minimum Gasteiger partial charge on any atom is -0.508 e. The van der Waals surface area contributed by atoms with Crippen LogP contribution in [0.5, 0.6) is 5.75 Å². The number of nitrogens with zero attached hydrogens (tertiary/aromatic N) is 3. The quantitative estimate of drug-likeness (QED) is 0.0176. The average Bonchev–Trinajstić information content (AvgIpc) is 3.70. The molecule has 69 heavy (non-hydrogen) atoms. The zero-order valence-corrected chi connectivity index (χ0v) is 38.4. The highest BCUT2D eigenvalue weighted by Crippen LogP contribution is 2.20. The Morgan fingerprint density at radius 3 is 1.46 bits per heavy atom. The van der Waals surface area contributed by atoms with Gasteiger partial charge in [-0.25, -0.2) is 0 Å². The van der Waals surface area contributed by atoms with E-state index in [0.29, 0.717) is 11.1 Å². The van der Waals surface area contributed by atoms with Crippen LogP contribution in [-0.4, -0.2) is 132 Å². The summed E-state index contributed by atoms with van der Waals surface area (Å²) in [5.74, 6) is -6.07. The summed E-state index contributed by atoms with van der Waals surface area (Å²) in [5, 5.41) is 26.3. The van der Waals surface area contributed by atoms with Crippen molar-refractivity contribution in [2.45, 2.75) is 94.5 Å². The van der Waals surface area contributed by atoms with Crippen LogP contribution in [0.1, 0.15) is 56.6 Å². The second kappa shape index (κ2) is 28.1. The molecule has 1 heterocycles. The van der Waals surface area contributed by atoms with Crippen molar-refractivity contribution in [3.05, 3.63) is 65.9 Å². The highest BCUT2D eigenvalue weighted by atomic mass is 16.3. The monoisotopic (exact) mass is 963 g/mol. The lowest BCUT2D eigenvalue weighted by atomic mass is 10.0. The van der Waals surface area contributed by atoms with E-state index in [1.54, 1.807) is 12.3 Å². The van der Waals surface area contributed by atoms with Gasteiger partial charge in [0.25, 0.3) is 0 Å². The first kappa shape index (κ1) is 55.2. The summed E-state index contributed by atoms with van der Waals surface area (Å²) >= 11 is 0. The number of hydrogen-bond donors (Lipinski definition) is 16. The van der Waals surface area contributed by atoms with Crippen molar-refractivity contribution >= 4 is 70.1 Å². The number of nitrogens with two attached hydrogens (primary N) is 8. The summed E-state index contributed by atoms with van der Waals surface area (Å²) in [4.78, 5) is 109. The lowest BCUT2D eigenvalue weighted by Crippen LogP contribution is -2.61. The molecule has 376 valence electrons. The Balaban J connectivity index is 1.92. The number of primary amides is 1. The highest BCUT2D eigenvalue weighted by Gasteiger charge is 2.33. The first-order valence-corrected chi connectivity index (χ1v) is 22.0. The molecule has 2 aromatic carbocycles. The number of benzene rings is 2. The number of aromatic amines is 1. The number of phenols is 1. The number of nitrogens with one attached hydrogen (secondary N) is 7. The smallest absolute Gasteiger partial charge is 0.244 e. The molecule has 1 aromatic heterocycles. The number of aromatic hydroxyl groups is 1. The van der Waals surface area contributed by atoms with E-state index < -0.39 is 84.1 Å². The van der Waals surface area contributed by atoms with Crippen LogP contribution in [0.25, 0.3) is 10.9 Å². The minimum atomic E-state index is -1.49. The third-order valence-corrected chi connectivity index (χ3v) is 10.4. The maximum atomic E-state index is 14.3. The van der Waals surface area contributed by atoms with Gasteiger partial charge in [-0.1, -0.05) is 30.3 Å². The molecule has 3 aromatic rings. The molecule has 0 aliphatic rings. The van der Waals surface area contributed by atoms with Crippen LogP contribution in [0.4, 0.5) is 0 Å². The van der Waals surface area contributed by atoms with E-state index in [-0.39, 0.29) is 94.6 Å². The number of fused-ring (bicyclic) bond motifs is 1. The second-order valence-electron chi connectivity index (χ2n) is 16.0. The lowest BCUT2D eigenvalue weighted by Gasteiger charge is -2.27. The zero-order chi connectivity index (χ0) is 51.0. The summed E-state index contributed by atoms with van der Waals surface area (Å²) in [6, 6.07) is 5.21. The fourth-order valence-electron chi connectivity index (χ4n) is 6.98. The molecule has 0 aliphatic heterocycles. The van der Waals surface area contributed by atoms with Crippen LogP contribution in [0.15, 0.2) is 69.7 Å². The highest BCUT2D eigenvalue weighted by molar-refractivity contribution is 5.97. The molecule has 0 unspecified atom stereocenters. The maximum absolute atomic E-state index is 14.3. The number of hydrogen-bond acceptors (Lipinski definition) is 12. The van der Waals surface area contributed by atoms with E-state index >= 15 is 0 Å². The molecule has 0 radical (unpaired) electrons. The van der Waals surface area contributed by atoms with Gasteiger partial charge in [-0.05, 0) is 67.9 Å². The van der Waals surface area contributed by atoms with Crippen LogP contribution in [0.2, 0.25) is 0 Å². The van der Waals surface area contributed by atoms with Crippen LogP contribution in [0.3, 0.4) is 0 Å². The fraction of sp³-hybridized carbons (Fsp3) is 0.442. The number of amides is 7. The van der Waals surface area contributed by atoms with Gasteiger partial charge >= 0.3 is 0 Å². The largest absolute Gasteiger partial charge is 0.508 e. The number of carbonyl (C=O) groups excluding carboxylic acids is 7. The van der Waals surface area contributed by atoms with Crippen molar-refractivity contribution in [2.75, 3.05) is 26.2 Å². The fourth-order valence-corrected chi connectivity index (χ4v) is 6.98. The number of para-hydroxylation sites is 1. The predicted molar refractivity (Wildman–Crippen MR) is 259 cm³/mol. The maximum Gasteiger partial charge on any atom is 0.244 e. The number of carbonyl (C=O) groups is 7. The Morgan fingerprint density at radius 2 is 0.971 bits per heavy atom. The number of aromatic nitrogens is 1. The number of phenolic OH excluding ortho intramolecular Hbond substituents is 1. The van der Waals surface area contributed by atoms with Crippen molar-refractivity contribution in [3.8, 4) is 5.75 Å². The van der Waals surface area contributed by atoms with Gasteiger partial charge in [0.1, 0.15) is 42.0 Å². The third kappa shape index (κ3) is 19.7. The van der Waals surface area contributed by atoms with Crippen molar-refractivity contribution in [3.63, 3.8) is 0 Å². The number of H-pyrrole nitrogens is 1. The molecule has 6 atom stereocenters. The lowest BCUT2D eigenvalue weighted by molar-refractivity contribution is -0.135. The van der Waals surface area contributed by atoms with Crippen molar-refractivity contribution in [2.24, 2.45) is 60.8 Å². The number of rotatable bonds is 29. The van der Waals surface area contributed by atoms with Gasteiger partial charge in [0.15, 0.2) is 17.9 Å². The van der Waals surface area contributed by atoms with E-state index in [1.165, 1.54) is 31.2 Å². The van der Waals surface area contributed by atoms with E-state index in [1.807, 2.05) is 18.2 Å². The Kier molecular flexibility index (Phi) is 22.5. The van der Waals surface area contributed by atoms with E-state index in [4.69, 9.17) is 45.9 Å². The Hall–Kier alpha value is -8.16. The summed E-state index contributed by atoms with van der Waals surface area (Å²) in [6.07, 6.45) is 2.24. The van der Waals surface area contributed by atoms with Gasteiger partial charge in [-0.15, -0.1) is 0 Å². The molecule has 0 saturated carbocycles. The standard InChI is InChI=1S/C43H66N18O8/c1-23(62)56-30(10-5-17-53-42(48)49)36(65)59-32(19-24-12-14-26(63)15-13-24)38(67)61-34(21-44)40(69)58-31(11-6-18-54-43(50)51)37(66)60-33(20-25-22-55-28-8-3-2-7-27(25)28)39(68)57-29(35(45)64)9-4-16-52-41(46)47/h2-3,7-8,12-15,22,29-34,55,63H,4-6,9-11,16-21,44H2,1H3,(H2,45,64)(H,56,62)(H,57,68)(H,58,69)(H,59,65)(H,60,66)(H,61,67)(H4,46,47,52)(H4,48,49,53)(H4,50,51,54)/t29-,30-,31-,32-,33-,34-/m0/s1. The first-order valence-electron chi connectivity index (χ1n) is 22.0. The summed E-state index contributed by atoms with van der Waals surface area (Å²) < 4.78 is 0. The normalized spacial score (nSPS) is 13.4. The van der Waals surface area contributed by atoms with Crippen molar-refractivity contribution in [1.82, 2.24) is 36.9 Å². The van der Waals surface area contributed by atoms with E-state index in [0.717, 1.165) is 10.9 Å². The van der Waals surface area contributed by atoms with Crippen LogP contribution in [-0.2, 0) is 46.4 Å². The average molecular weight is 963 g/mol. The van der Waals surface area contributed by atoms with E-state index in [9.17, 15) is 38.7 Å². The summed E-state index contributed by atoms with van der Waals surface area (Å²) in [7, 11) is 0. The molecule has 0 bridgehead atoms. The molecule has 3 rings (SSSR count). The molecule has 0 fully saturated rings. The Morgan fingerprint density at radius 1 is 0.551 bits per heavy atom. The van der Waals surface area contributed by atoms with Crippen LogP contribution >= 0.6 is 0 Å². The van der Waals surface area contributed by atoms with E-state index in [2.05, 4.69) is 51.9 Å². The Labute approximate surface area is 398 Å². The topological polar surface area (TPSA) is 473 Å². The third-order valence-electron chi connectivity index (χ3n) is 10.4. The van der Waals surface area contributed by atoms with Gasteiger partial charge < -0.3 is 87.9 Å². The van der Waals surface area contributed by atoms with Crippen LogP contribution in [0, 0.1) is 0 Å².